The van der Waals surface area contributed by atoms with Gasteiger partial charge in [-0.25, -0.2) is 0 Å². The quantitative estimate of drug-likeness (QED) is 0.806. The van der Waals surface area contributed by atoms with Crippen molar-refractivity contribution in [3.05, 3.63) is 52.8 Å². The van der Waals surface area contributed by atoms with Crippen LogP contribution in [0.15, 0.2) is 30.3 Å². The van der Waals surface area contributed by atoms with Crippen molar-refractivity contribution >= 4 is 5.91 Å². The van der Waals surface area contributed by atoms with Crippen LogP contribution in [0.3, 0.4) is 0 Å². The number of carbonyl (C=O) groups excluding carboxylic acids is 1. The summed E-state index contributed by atoms with van der Waals surface area (Å²) in [7, 11) is 0. The summed E-state index contributed by atoms with van der Waals surface area (Å²) in [5.41, 5.74) is 3.89. The van der Waals surface area contributed by atoms with Crippen LogP contribution in [0.2, 0.25) is 0 Å². The zero-order valence-electron chi connectivity index (χ0n) is 17.5. The third kappa shape index (κ3) is 3.61. The molecule has 0 unspecified atom stereocenters. The molecule has 2 aliphatic carbocycles. The number of benzene rings is 1. The van der Waals surface area contributed by atoms with Gasteiger partial charge >= 0.3 is 0 Å². The Hall–Kier alpha value is -2.14. The Morgan fingerprint density at radius 1 is 1.24 bits per heavy atom. The molecule has 2 atom stereocenters. The van der Waals surface area contributed by atoms with Gasteiger partial charge in [0, 0.05) is 36.9 Å². The summed E-state index contributed by atoms with van der Waals surface area (Å²) in [5, 5.41) is 8.08. The van der Waals surface area contributed by atoms with Crippen LogP contribution < -0.4 is 5.32 Å². The van der Waals surface area contributed by atoms with Gasteiger partial charge in [0.25, 0.3) is 5.91 Å². The molecular formula is C24H31N3O2. The Morgan fingerprint density at radius 2 is 2.00 bits per heavy atom. The lowest BCUT2D eigenvalue weighted by atomic mass is 9.94. The van der Waals surface area contributed by atoms with Crippen LogP contribution in [0.1, 0.15) is 72.8 Å². The van der Waals surface area contributed by atoms with Gasteiger partial charge in [0.1, 0.15) is 0 Å². The number of nitrogens with one attached hydrogen (secondary N) is 1. The number of aromatic nitrogens is 2. The van der Waals surface area contributed by atoms with Crippen LogP contribution in [-0.2, 0) is 23.2 Å². The molecule has 2 aromatic rings. The van der Waals surface area contributed by atoms with Crippen LogP contribution >= 0.6 is 0 Å². The molecule has 3 aliphatic rings. The largest absolute Gasteiger partial charge is 0.381 e. The van der Waals surface area contributed by atoms with Crippen molar-refractivity contribution in [3.63, 3.8) is 0 Å². The van der Waals surface area contributed by atoms with E-state index in [9.17, 15) is 4.79 Å². The fourth-order valence-electron chi connectivity index (χ4n) is 5.16. The first-order valence-electron chi connectivity index (χ1n) is 11.1. The maximum atomic E-state index is 13.2. The molecule has 1 N–H and O–H groups in total. The van der Waals surface area contributed by atoms with Crippen molar-refractivity contribution in [1.82, 2.24) is 15.1 Å². The topological polar surface area (TPSA) is 56.2 Å². The summed E-state index contributed by atoms with van der Waals surface area (Å²) >= 11 is 0. The molecule has 1 aromatic heterocycles. The van der Waals surface area contributed by atoms with Gasteiger partial charge in [0.05, 0.1) is 5.54 Å². The van der Waals surface area contributed by atoms with Gasteiger partial charge in [-0.3, -0.25) is 9.48 Å². The van der Waals surface area contributed by atoms with E-state index in [1.807, 2.05) is 18.2 Å². The Bertz CT molecular complexity index is 896. The number of aryl methyl sites for hydroxylation is 1. The van der Waals surface area contributed by atoms with Gasteiger partial charge in [0.2, 0.25) is 0 Å². The van der Waals surface area contributed by atoms with Gasteiger partial charge in [-0.1, -0.05) is 30.3 Å². The molecule has 1 aromatic carbocycles. The molecule has 5 heteroatoms. The minimum Gasteiger partial charge on any atom is -0.381 e. The molecule has 2 fully saturated rings. The minimum atomic E-state index is -0.432. The van der Waals surface area contributed by atoms with Gasteiger partial charge in [-0.15, -0.1) is 0 Å². The summed E-state index contributed by atoms with van der Waals surface area (Å²) in [6.45, 7) is 6.80. The molecule has 2 heterocycles. The highest BCUT2D eigenvalue weighted by molar-refractivity contribution is 5.95. The zero-order chi connectivity index (χ0) is 20.0. The SMILES string of the molecule is CC(C)(NC(=O)c1nn(CCC2CCOCC2)c2c1C[C@H]1C[C@@H]21)c1ccccc1. The van der Waals surface area contributed by atoms with Crippen molar-refractivity contribution < 1.29 is 9.53 Å². The van der Waals surface area contributed by atoms with Crippen LogP contribution in [0.25, 0.3) is 0 Å². The minimum absolute atomic E-state index is 0.0405. The van der Waals surface area contributed by atoms with Gasteiger partial charge in [-0.2, -0.15) is 5.10 Å². The van der Waals surface area contributed by atoms with E-state index in [0.717, 1.165) is 56.9 Å². The second-order valence-corrected chi connectivity index (χ2v) is 9.53. The molecule has 154 valence electrons. The van der Waals surface area contributed by atoms with E-state index in [2.05, 4.69) is 36.0 Å². The summed E-state index contributed by atoms with van der Waals surface area (Å²) in [6, 6.07) is 10.2. The monoisotopic (exact) mass is 393 g/mol. The number of carbonyl (C=O) groups is 1. The number of ether oxygens (including phenoxy) is 1. The maximum absolute atomic E-state index is 13.2. The molecule has 1 saturated heterocycles. The smallest absolute Gasteiger partial charge is 0.272 e. The number of hydrogen-bond donors (Lipinski definition) is 1. The Kier molecular flexibility index (Phi) is 4.73. The maximum Gasteiger partial charge on any atom is 0.272 e. The van der Waals surface area contributed by atoms with Crippen LogP contribution in [0, 0.1) is 11.8 Å². The Morgan fingerprint density at radius 3 is 2.76 bits per heavy atom. The van der Waals surface area contributed by atoms with E-state index in [1.165, 1.54) is 17.7 Å². The second kappa shape index (κ2) is 7.28. The van der Waals surface area contributed by atoms with Crippen molar-refractivity contribution in [1.29, 1.82) is 0 Å². The summed E-state index contributed by atoms with van der Waals surface area (Å²) in [4.78, 5) is 13.2. The average molecular weight is 394 g/mol. The van der Waals surface area contributed by atoms with E-state index in [1.54, 1.807) is 0 Å². The van der Waals surface area contributed by atoms with Crippen molar-refractivity contribution in [2.75, 3.05) is 13.2 Å². The normalized spacial score (nSPS) is 23.5. The standard InChI is InChI=1S/C24H31N3O2/c1-24(2,18-6-4-3-5-7-18)25-23(28)21-20-15-17-14-19(17)22(20)27(26-21)11-8-16-9-12-29-13-10-16/h3-7,16-17,19H,8-15H2,1-2H3,(H,25,28)/t17-,19-/m1/s1. The fraction of sp³-hybridized carbons (Fsp3) is 0.583. The van der Waals surface area contributed by atoms with E-state index in [4.69, 9.17) is 9.84 Å². The average Bonchev–Trinajstić information content (AvgIpc) is 3.24. The summed E-state index contributed by atoms with van der Waals surface area (Å²) in [6.07, 6.45) is 5.71. The van der Waals surface area contributed by atoms with E-state index in [0.29, 0.717) is 17.5 Å². The second-order valence-electron chi connectivity index (χ2n) is 9.53. The van der Waals surface area contributed by atoms with Crippen LogP contribution in [0.5, 0.6) is 0 Å². The molecule has 0 bridgehead atoms. The fourth-order valence-corrected chi connectivity index (χ4v) is 5.16. The van der Waals surface area contributed by atoms with Gasteiger partial charge in [-0.05, 0) is 63.4 Å². The Labute approximate surface area is 172 Å². The molecule has 1 saturated carbocycles. The van der Waals surface area contributed by atoms with E-state index in [-0.39, 0.29) is 5.91 Å². The lowest BCUT2D eigenvalue weighted by Crippen LogP contribution is -2.41. The third-order valence-electron chi connectivity index (χ3n) is 7.06. The number of rotatable bonds is 6. The highest BCUT2D eigenvalue weighted by Crippen LogP contribution is 2.57. The highest BCUT2D eigenvalue weighted by Gasteiger charge is 2.50. The Balaban J connectivity index is 1.35. The highest BCUT2D eigenvalue weighted by atomic mass is 16.5. The first-order valence-corrected chi connectivity index (χ1v) is 11.1. The van der Waals surface area contributed by atoms with Crippen LogP contribution in [-0.4, -0.2) is 28.9 Å². The molecule has 5 rings (SSSR count). The van der Waals surface area contributed by atoms with Gasteiger partial charge < -0.3 is 10.1 Å². The summed E-state index contributed by atoms with van der Waals surface area (Å²) < 4.78 is 7.67. The molecule has 0 spiro atoms. The number of nitrogens with zero attached hydrogens (tertiary/aromatic N) is 2. The van der Waals surface area contributed by atoms with Gasteiger partial charge in [0.15, 0.2) is 5.69 Å². The summed E-state index contributed by atoms with van der Waals surface area (Å²) in [5.74, 6) is 2.05. The van der Waals surface area contributed by atoms with Crippen molar-refractivity contribution in [2.45, 2.75) is 64.0 Å². The first-order chi connectivity index (χ1) is 14.0. The lowest BCUT2D eigenvalue weighted by molar-refractivity contribution is 0.0622. The predicted molar refractivity (Wildman–Crippen MR) is 112 cm³/mol. The van der Waals surface area contributed by atoms with Crippen LogP contribution in [0.4, 0.5) is 0 Å². The number of fused-ring (bicyclic) bond motifs is 3. The molecule has 0 radical (unpaired) electrons. The first kappa shape index (κ1) is 18.9. The lowest BCUT2D eigenvalue weighted by Gasteiger charge is -2.26. The predicted octanol–water partition coefficient (Wildman–Crippen LogP) is 4.02. The van der Waals surface area contributed by atoms with E-state index >= 15 is 0 Å². The molecule has 1 amide bonds. The molecule has 29 heavy (non-hydrogen) atoms. The molecular weight excluding hydrogens is 362 g/mol. The number of hydrogen-bond acceptors (Lipinski definition) is 3. The van der Waals surface area contributed by atoms with E-state index < -0.39 is 5.54 Å². The zero-order valence-corrected chi connectivity index (χ0v) is 17.5. The number of amides is 1. The third-order valence-corrected chi connectivity index (χ3v) is 7.06. The van der Waals surface area contributed by atoms with Crippen molar-refractivity contribution in [2.24, 2.45) is 11.8 Å². The van der Waals surface area contributed by atoms with Crippen molar-refractivity contribution in [3.8, 4) is 0 Å². The molecule has 1 aliphatic heterocycles. The molecule has 5 nitrogen and oxygen atoms in total.